The lowest BCUT2D eigenvalue weighted by Crippen LogP contribution is -2.17. The van der Waals surface area contributed by atoms with Gasteiger partial charge in [0.05, 0.1) is 5.92 Å². The quantitative estimate of drug-likeness (QED) is 0.901. The molecular formula is C18H19N3O3. The summed E-state index contributed by atoms with van der Waals surface area (Å²) in [6, 6.07) is 8.89. The van der Waals surface area contributed by atoms with Gasteiger partial charge in [-0.3, -0.25) is 9.59 Å². The molecule has 124 valence electrons. The zero-order valence-corrected chi connectivity index (χ0v) is 13.8. The molecule has 0 saturated heterocycles. The van der Waals surface area contributed by atoms with Gasteiger partial charge in [0.15, 0.2) is 0 Å². The summed E-state index contributed by atoms with van der Waals surface area (Å²) in [4.78, 5) is 27.8. The van der Waals surface area contributed by atoms with Crippen LogP contribution in [0.1, 0.15) is 32.3 Å². The molecule has 1 aromatic carbocycles. The minimum atomic E-state index is -0.312. The number of pyridine rings is 1. The van der Waals surface area contributed by atoms with Gasteiger partial charge in [0, 0.05) is 29.4 Å². The standard InChI is InChI=1S/C18H19N3O3/c1-10(2)17(22)20-12-5-4-6-13(9-12)24-14-7-8-19-16-15(14)11(3)18(23)21-16/h4-11H,1-3H3,(H,20,22)(H,19,21,23). The molecule has 2 N–H and O–H groups in total. The van der Waals surface area contributed by atoms with Gasteiger partial charge in [0.1, 0.15) is 17.3 Å². The molecule has 0 bridgehead atoms. The molecule has 0 fully saturated rings. The molecule has 6 heteroatoms. The van der Waals surface area contributed by atoms with E-state index >= 15 is 0 Å². The van der Waals surface area contributed by atoms with Gasteiger partial charge in [-0.05, 0) is 25.1 Å². The van der Waals surface area contributed by atoms with Gasteiger partial charge in [-0.1, -0.05) is 19.9 Å². The highest BCUT2D eigenvalue weighted by Gasteiger charge is 2.31. The molecule has 0 radical (unpaired) electrons. The number of benzene rings is 1. The van der Waals surface area contributed by atoms with Crippen molar-refractivity contribution in [2.75, 3.05) is 10.6 Å². The van der Waals surface area contributed by atoms with Crippen molar-refractivity contribution >= 4 is 23.3 Å². The fourth-order valence-electron chi connectivity index (χ4n) is 2.47. The van der Waals surface area contributed by atoms with E-state index in [1.54, 1.807) is 36.5 Å². The summed E-state index contributed by atoms with van der Waals surface area (Å²) in [5.74, 6) is 1.14. The van der Waals surface area contributed by atoms with Crippen LogP contribution in [0.25, 0.3) is 0 Å². The van der Waals surface area contributed by atoms with Gasteiger partial charge in [0.2, 0.25) is 11.8 Å². The first-order valence-electron chi connectivity index (χ1n) is 7.84. The van der Waals surface area contributed by atoms with Crippen molar-refractivity contribution in [1.29, 1.82) is 0 Å². The van der Waals surface area contributed by atoms with Gasteiger partial charge in [0.25, 0.3) is 0 Å². The first-order valence-corrected chi connectivity index (χ1v) is 7.84. The van der Waals surface area contributed by atoms with Crippen LogP contribution in [0.2, 0.25) is 0 Å². The minimum Gasteiger partial charge on any atom is -0.457 e. The second-order valence-corrected chi connectivity index (χ2v) is 6.06. The zero-order chi connectivity index (χ0) is 17.3. The Morgan fingerprint density at radius 1 is 1.33 bits per heavy atom. The Balaban J connectivity index is 1.85. The lowest BCUT2D eigenvalue weighted by atomic mass is 10.0. The minimum absolute atomic E-state index is 0.0552. The third-order valence-electron chi connectivity index (χ3n) is 3.87. The number of hydrogen-bond acceptors (Lipinski definition) is 4. The highest BCUT2D eigenvalue weighted by atomic mass is 16.5. The van der Waals surface area contributed by atoms with Gasteiger partial charge in [-0.15, -0.1) is 0 Å². The monoisotopic (exact) mass is 325 g/mol. The number of carbonyl (C=O) groups excluding carboxylic acids is 2. The van der Waals surface area contributed by atoms with Crippen LogP contribution >= 0.6 is 0 Å². The van der Waals surface area contributed by atoms with Gasteiger partial charge in [-0.25, -0.2) is 4.98 Å². The van der Waals surface area contributed by atoms with Crippen molar-refractivity contribution in [3.8, 4) is 11.5 Å². The third-order valence-corrected chi connectivity index (χ3v) is 3.87. The first-order chi connectivity index (χ1) is 11.5. The van der Waals surface area contributed by atoms with Crippen molar-refractivity contribution in [2.24, 2.45) is 5.92 Å². The number of hydrogen-bond donors (Lipinski definition) is 2. The van der Waals surface area contributed by atoms with Crippen LogP contribution in [0.3, 0.4) is 0 Å². The summed E-state index contributed by atoms with van der Waals surface area (Å²) in [6.07, 6.45) is 1.59. The molecule has 0 spiro atoms. The van der Waals surface area contributed by atoms with E-state index in [0.29, 0.717) is 23.0 Å². The van der Waals surface area contributed by atoms with E-state index in [-0.39, 0.29) is 23.7 Å². The predicted octanol–water partition coefficient (Wildman–Crippen LogP) is 3.52. The van der Waals surface area contributed by atoms with E-state index in [1.165, 1.54) is 0 Å². The molecule has 1 aliphatic rings. The Kier molecular flexibility index (Phi) is 4.20. The van der Waals surface area contributed by atoms with Gasteiger partial charge in [-0.2, -0.15) is 0 Å². The molecule has 2 aromatic rings. The number of aromatic nitrogens is 1. The molecule has 1 aromatic heterocycles. The van der Waals surface area contributed by atoms with Crippen molar-refractivity contribution in [3.05, 3.63) is 42.1 Å². The molecule has 24 heavy (non-hydrogen) atoms. The van der Waals surface area contributed by atoms with Gasteiger partial charge < -0.3 is 15.4 Å². The number of nitrogens with one attached hydrogen (secondary N) is 2. The lowest BCUT2D eigenvalue weighted by Gasteiger charge is -2.13. The Bertz CT molecular complexity index is 802. The third kappa shape index (κ3) is 3.08. The van der Waals surface area contributed by atoms with Gasteiger partial charge >= 0.3 is 0 Å². The summed E-state index contributed by atoms with van der Waals surface area (Å²) in [7, 11) is 0. The van der Waals surface area contributed by atoms with Crippen molar-refractivity contribution in [2.45, 2.75) is 26.7 Å². The van der Waals surface area contributed by atoms with Crippen molar-refractivity contribution in [3.63, 3.8) is 0 Å². The SMILES string of the molecule is CC(C)C(=O)Nc1cccc(Oc2ccnc3c2C(C)C(=O)N3)c1. The topological polar surface area (TPSA) is 80.3 Å². The number of fused-ring (bicyclic) bond motifs is 1. The highest BCUT2D eigenvalue weighted by molar-refractivity contribution is 6.02. The maximum atomic E-state index is 11.8. The molecule has 2 amide bonds. The molecular weight excluding hydrogens is 306 g/mol. The number of nitrogens with zero attached hydrogens (tertiary/aromatic N) is 1. The summed E-state index contributed by atoms with van der Waals surface area (Å²) in [5, 5.41) is 5.57. The fourth-order valence-corrected chi connectivity index (χ4v) is 2.47. The number of carbonyl (C=O) groups is 2. The highest BCUT2D eigenvalue weighted by Crippen LogP contribution is 2.39. The summed E-state index contributed by atoms with van der Waals surface area (Å²) in [6.45, 7) is 5.48. The van der Waals surface area contributed by atoms with E-state index < -0.39 is 0 Å². The first kappa shape index (κ1) is 16.0. The van der Waals surface area contributed by atoms with E-state index in [0.717, 1.165) is 5.56 Å². The Morgan fingerprint density at radius 2 is 2.12 bits per heavy atom. The molecule has 3 rings (SSSR count). The van der Waals surface area contributed by atoms with Crippen LogP contribution in [0.4, 0.5) is 11.5 Å². The number of ether oxygens (including phenoxy) is 1. The number of rotatable bonds is 4. The van der Waals surface area contributed by atoms with Crippen LogP contribution in [0.5, 0.6) is 11.5 Å². The summed E-state index contributed by atoms with van der Waals surface area (Å²) >= 11 is 0. The Labute approximate surface area is 140 Å². The summed E-state index contributed by atoms with van der Waals surface area (Å²) < 4.78 is 5.94. The molecule has 6 nitrogen and oxygen atoms in total. The predicted molar refractivity (Wildman–Crippen MR) is 91.3 cm³/mol. The van der Waals surface area contributed by atoms with Crippen LogP contribution in [-0.4, -0.2) is 16.8 Å². The second-order valence-electron chi connectivity index (χ2n) is 6.06. The van der Waals surface area contributed by atoms with Crippen LogP contribution < -0.4 is 15.4 Å². The van der Waals surface area contributed by atoms with Crippen LogP contribution in [0.15, 0.2) is 36.5 Å². The zero-order valence-electron chi connectivity index (χ0n) is 13.8. The Morgan fingerprint density at radius 3 is 2.88 bits per heavy atom. The van der Waals surface area contributed by atoms with Crippen LogP contribution in [-0.2, 0) is 9.59 Å². The normalized spacial score (nSPS) is 15.8. The van der Waals surface area contributed by atoms with E-state index in [4.69, 9.17) is 4.74 Å². The average Bonchev–Trinajstić information content (AvgIpc) is 2.83. The molecule has 0 aliphatic carbocycles. The van der Waals surface area contributed by atoms with Crippen molar-refractivity contribution < 1.29 is 14.3 Å². The smallest absolute Gasteiger partial charge is 0.233 e. The lowest BCUT2D eigenvalue weighted by molar-refractivity contribution is -0.119. The summed E-state index contributed by atoms with van der Waals surface area (Å²) in [5.41, 5.74) is 1.42. The maximum Gasteiger partial charge on any atom is 0.233 e. The number of anilines is 2. The fraction of sp³-hybridized carbons (Fsp3) is 0.278. The molecule has 1 atom stereocenters. The maximum absolute atomic E-state index is 11.8. The number of amides is 2. The average molecular weight is 325 g/mol. The van der Waals surface area contributed by atoms with E-state index in [1.807, 2.05) is 20.8 Å². The molecule has 1 aliphatic heterocycles. The van der Waals surface area contributed by atoms with E-state index in [2.05, 4.69) is 15.6 Å². The van der Waals surface area contributed by atoms with Crippen LogP contribution in [0, 0.1) is 5.92 Å². The molecule has 0 saturated carbocycles. The molecule has 1 unspecified atom stereocenters. The van der Waals surface area contributed by atoms with Crippen molar-refractivity contribution in [1.82, 2.24) is 4.98 Å². The second kappa shape index (κ2) is 6.31. The Hall–Kier alpha value is -2.89. The van der Waals surface area contributed by atoms with E-state index in [9.17, 15) is 9.59 Å². The largest absolute Gasteiger partial charge is 0.457 e. The molecule has 2 heterocycles.